The SMILES string of the molecule is CCNC(C)(C#N)CN1CCOC(C)(C)C1. The fraction of sp³-hybridized carbons (Fsp3) is 0.917. The Kier molecular flexibility index (Phi) is 4.31. The number of nitriles is 1. The molecule has 0 aromatic rings. The maximum atomic E-state index is 9.21. The van der Waals surface area contributed by atoms with Crippen molar-refractivity contribution in [2.75, 3.05) is 32.8 Å². The quantitative estimate of drug-likeness (QED) is 0.775. The maximum absolute atomic E-state index is 9.21. The van der Waals surface area contributed by atoms with Crippen LogP contribution in [0.15, 0.2) is 0 Å². The van der Waals surface area contributed by atoms with E-state index >= 15 is 0 Å². The number of hydrogen-bond acceptors (Lipinski definition) is 4. The molecule has 1 unspecified atom stereocenters. The van der Waals surface area contributed by atoms with Gasteiger partial charge in [0.1, 0.15) is 5.54 Å². The second-order valence-electron chi connectivity index (χ2n) is 5.29. The van der Waals surface area contributed by atoms with E-state index in [4.69, 9.17) is 4.74 Å². The second-order valence-corrected chi connectivity index (χ2v) is 5.29. The molecule has 0 aliphatic carbocycles. The molecular formula is C12H23N3O. The molecule has 1 N–H and O–H groups in total. The van der Waals surface area contributed by atoms with Gasteiger partial charge < -0.3 is 4.74 Å². The van der Waals surface area contributed by atoms with Crippen LogP contribution in [0.2, 0.25) is 0 Å². The molecule has 0 aromatic heterocycles. The van der Waals surface area contributed by atoms with Crippen molar-refractivity contribution in [3.8, 4) is 6.07 Å². The van der Waals surface area contributed by atoms with Crippen LogP contribution in [-0.2, 0) is 4.74 Å². The fourth-order valence-electron chi connectivity index (χ4n) is 2.22. The van der Waals surface area contributed by atoms with E-state index in [0.29, 0.717) is 0 Å². The lowest BCUT2D eigenvalue weighted by Gasteiger charge is -2.40. The Morgan fingerprint density at radius 2 is 2.25 bits per heavy atom. The predicted molar refractivity (Wildman–Crippen MR) is 64.2 cm³/mol. The molecule has 0 bridgehead atoms. The first-order valence-corrected chi connectivity index (χ1v) is 5.93. The third kappa shape index (κ3) is 3.75. The summed E-state index contributed by atoms with van der Waals surface area (Å²) in [6.45, 7) is 12.3. The number of likely N-dealkylation sites (N-methyl/N-ethyl adjacent to an activating group) is 1. The molecule has 1 heterocycles. The van der Waals surface area contributed by atoms with Crippen molar-refractivity contribution < 1.29 is 4.74 Å². The molecule has 1 saturated heterocycles. The van der Waals surface area contributed by atoms with Crippen LogP contribution in [0.5, 0.6) is 0 Å². The molecule has 1 atom stereocenters. The van der Waals surface area contributed by atoms with Gasteiger partial charge in [0.25, 0.3) is 0 Å². The van der Waals surface area contributed by atoms with E-state index in [2.05, 4.69) is 30.1 Å². The van der Waals surface area contributed by atoms with E-state index in [-0.39, 0.29) is 5.60 Å². The van der Waals surface area contributed by atoms with Crippen molar-refractivity contribution in [3.05, 3.63) is 0 Å². The van der Waals surface area contributed by atoms with Crippen LogP contribution >= 0.6 is 0 Å². The van der Waals surface area contributed by atoms with Crippen LogP contribution in [0.4, 0.5) is 0 Å². The van der Waals surface area contributed by atoms with E-state index in [0.717, 1.165) is 32.8 Å². The number of nitrogens with one attached hydrogen (secondary N) is 1. The Bertz CT molecular complexity index is 272. The molecule has 1 rings (SSSR count). The molecule has 92 valence electrons. The number of nitrogens with zero attached hydrogens (tertiary/aromatic N) is 2. The third-order valence-corrected chi connectivity index (χ3v) is 2.86. The molecule has 0 spiro atoms. The van der Waals surface area contributed by atoms with Gasteiger partial charge in [0, 0.05) is 19.6 Å². The fourth-order valence-corrected chi connectivity index (χ4v) is 2.22. The summed E-state index contributed by atoms with van der Waals surface area (Å²) < 4.78 is 5.66. The topological polar surface area (TPSA) is 48.3 Å². The van der Waals surface area contributed by atoms with Gasteiger partial charge in [-0.05, 0) is 27.3 Å². The lowest BCUT2D eigenvalue weighted by Crippen LogP contribution is -2.56. The van der Waals surface area contributed by atoms with Crippen molar-refractivity contribution >= 4 is 0 Å². The van der Waals surface area contributed by atoms with Gasteiger partial charge in [-0.1, -0.05) is 6.92 Å². The van der Waals surface area contributed by atoms with E-state index < -0.39 is 5.54 Å². The van der Waals surface area contributed by atoms with Crippen LogP contribution in [0.3, 0.4) is 0 Å². The van der Waals surface area contributed by atoms with Gasteiger partial charge in [-0.2, -0.15) is 5.26 Å². The summed E-state index contributed by atoms with van der Waals surface area (Å²) in [5.74, 6) is 0. The second kappa shape index (κ2) is 5.13. The van der Waals surface area contributed by atoms with Gasteiger partial charge in [0.15, 0.2) is 0 Å². The Morgan fingerprint density at radius 1 is 1.56 bits per heavy atom. The van der Waals surface area contributed by atoms with E-state index in [1.54, 1.807) is 0 Å². The summed E-state index contributed by atoms with van der Waals surface area (Å²) in [5.41, 5.74) is -0.553. The van der Waals surface area contributed by atoms with Crippen molar-refractivity contribution in [3.63, 3.8) is 0 Å². The summed E-state index contributed by atoms with van der Waals surface area (Å²) >= 11 is 0. The molecule has 0 aromatic carbocycles. The van der Waals surface area contributed by atoms with Crippen LogP contribution in [0.25, 0.3) is 0 Å². The Morgan fingerprint density at radius 3 is 2.75 bits per heavy atom. The molecule has 1 aliphatic heterocycles. The van der Waals surface area contributed by atoms with E-state index in [1.165, 1.54) is 0 Å². The van der Waals surface area contributed by atoms with Crippen molar-refractivity contribution in [2.24, 2.45) is 0 Å². The first-order chi connectivity index (χ1) is 7.41. The summed E-state index contributed by atoms with van der Waals surface area (Å²) in [5, 5.41) is 12.4. The molecular weight excluding hydrogens is 202 g/mol. The van der Waals surface area contributed by atoms with E-state index in [9.17, 15) is 5.26 Å². The molecule has 1 fully saturated rings. The third-order valence-electron chi connectivity index (χ3n) is 2.86. The summed E-state index contributed by atoms with van der Waals surface area (Å²) in [6, 6.07) is 2.36. The zero-order chi connectivity index (χ0) is 12.2. The summed E-state index contributed by atoms with van der Waals surface area (Å²) in [4.78, 5) is 2.30. The van der Waals surface area contributed by atoms with Crippen LogP contribution in [0, 0.1) is 11.3 Å². The monoisotopic (exact) mass is 225 g/mol. The molecule has 16 heavy (non-hydrogen) atoms. The average molecular weight is 225 g/mol. The lowest BCUT2D eigenvalue weighted by molar-refractivity contribution is -0.0889. The van der Waals surface area contributed by atoms with Gasteiger partial charge in [-0.25, -0.2) is 0 Å². The van der Waals surface area contributed by atoms with Gasteiger partial charge in [-0.15, -0.1) is 0 Å². The highest BCUT2D eigenvalue weighted by atomic mass is 16.5. The number of hydrogen-bond donors (Lipinski definition) is 1. The molecule has 0 saturated carbocycles. The van der Waals surface area contributed by atoms with Gasteiger partial charge in [0.05, 0.1) is 18.3 Å². The molecule has 4 heteroatoms. The molecule has 4 nitrogen and oxygen atoms in total. The van der Waals surface area contributed by atoms with Crippen molar-refractivity contribution in [1.82, 2.24) is 10.2 Å². The zero-order valence-corrected chi connectivity index (χ0v) is 10.8. The average Bonchev–Trinajstić information content (AvgIpc) is 2.16. The van der Waals surface area contributed by atoms with E-state index in [1.807, 2.05) is 13.8 Å². The smallest absolute Gasteiger partial charge is 0.116 e. The van der Waals surface area contributed by atoms with Gasteiger partial charge >= 0.3 is 0 Å². The van der Waals surface area contributed by atoms with Crippen LogP contribution < -0.4 is 5.32 Å². The van der Waals surface area contributed by atoms with Crippen molar-refractivity contribution in [2.45, 2.75) is 38.8 Å². The minimum Gasteiger partial charge on any atom is -0.373 e. The Hall–Kier alpha value is -0.630. The number of ether oxygens (including phenoxy) is 1. The normalized spacial score (nSPS) is 24.7. The zero-order valence-electron chi connectivity index (χ0n) is 10.8. The first kappa shape index (κ1) is 13.4. The minimum atomic E-state index is -0.456. The molecule has 0 radical (unpaired) electrons. The Labute approximate surface area is 98.6 Å². The van der Waals surface area contributed by atoms with Crippen LogP contribution in [-0.4, -0.2) is 48.8 Å². The van der Waals surface area contributed by atoms with Crippen molar-refractivity contribution in [1.29, 1.82) is 5.26 Å². The van der Waals surface area contributed by atoms with Gasteiger partial charge in [-0.3, -0.25) is 10.2 Å². The summed E-state index contributed by atoms with van der Waals surface area (Å²) in [6.07, 6.45) is 0. The number of morpholine rings is 1. The predicted octanol–water partition coefficient (Wildman–Crippen LogP) is 0.989. The lowest BCUT2D eigenvalue weighted by atomic mass is 10.0. The minimum absolute atomic E-state index is 0.0964. The standard InChI is InChI=1S/C12H23N3O/c1-5-14-12(4,8-13)10-15-6-7-16-11(2,3)9-15/h14H,5-7,9-10H2,1-4H3. The van der Waals surface area contributed by atoms with Gasteiger partial charge in [0.2, 0.25) is 0 Å². The highest BCUT2D eigenvalue weighted by molar-refractivity contribution is 5.06. The first-order valence-electron chi connectivity index (χ1n) is 5.93. The maximum Gasteiger partial charge on any atom is 0.116 e. The summed E-state index contributed by atoms with van der Waals surface area (Å²) in [7, 11) is 0. The highest BCUT2D eigenvalue weighted by Gasteiger charge is 2.32. The number of rotatable bonds is 4. The highest BCUT2D eigenvalue weighted by Crippen LogP contribution is 2.18. The Balaban J connectivity index is 2.56. The van der Waals surface area contributed by atoms with Crippen LogP contribution in [0.1, 0.15) is 27.7 Å². The molecule has 0 amide bonds. The largest absolute Gasteiger partial charge is 0.373 e. The molecule has 1 aliphatic rings.